The van der Waals surface area contributed by atoms with Crippen LogP contribution in [0.3, 0.4) is 0 Å². The third kappa shape index (κ3) is 4.32. The van der Waals surface area contributed by atoms with Gasteiger partial charge in [0.15, 0.2) is 11.0 Å². The molecule has 0 aliphatic rings. The zero-order valence-electron chi connectivity index (χ0n) is 14.7. The molecule has 0 bridgehead atoms. The number of carbonyl (C=O) groups is 1. The van der Waals surface area contributed by atoms with E-state index in [-0.39, 0.29) is 5.91 Å². The Hall–Kier alpha value is -2.76. The lowest BCUT2D eigenvalue weighted by atomic mass is 10.2. The summed E-state index contributed by atoms with van der Waals surface area (Å²) in [6, 6.07) is 8.62. The molecule has 3 aromatic rings. The van der Waals surface area contributed by atoms with Crippen molar-refractivity contribution in [2.45, 2.75) is 18.5 Å². The lowest BCUT2D eigenvalue weighted by Gasteiger charge is -2.06. The molecular weight excluding hydrogens is 386 g/mol. The van der Waals surface area contributed by atoms with Crippen LogP contribution in [0.5, 0.6) is 0 Å². The van der Waals surface area contributed by atoms with Gasteiger partial charge >= 0.3 is 0 Å². The number of furan rings is 1. The SMILES string of the molecule is Cc1occc1-c1nnc(SCCC(=O)Nc2ccc(C#N)c(Cl)c2)n1C. The molecule has 138 valence electrons. The minimum atomic E-state index is -0.142. The van der Waals surface area contributed by atoms with E-state index in [0.717, 1.165) is 22.3 Å². The highest BCUT2D eigenvalue weighted by molar-refractivity contribution is 7.99. The first-order valence-corrected chi connectivity index (χ1v) is 9.42. The first-order valence-electron chi connectivity index (χ1n) is 8.05. The summed E-state index contributed by atoms with van der Waals surface area (Å²) in [4.78, 5) is 12.1. The van der Waals surface area contributed by atoms with Gasteiger partial charge in [-0.3, -0.25) is 4.79 Å². The monoisotopic (exact) mass is 401 g/mol. The van der Waals surface area contributed by atoms with Gasteiger partial charge in [-0.1, -0.05) is 23.4 Å². The number of thioether (sulfide) groups is 1. The molecule has 27 heavy (non-hydrogen) atoms. The second kappa shape index (κ2) is 8.29. The van der Waals surface area contributed by atoms with E-state index in [2.05, 4.69) is 15.5 Å². The number of nitrogens with one attached hydrogen (secondary N) is 1. The standard InChI is InChI=1S/C18H16ClN5O2S/c1-11-14(5-7-26-11)17-22-23-18(24(17)2)27-8-6-16(25)21-13-4-3-12(10-20)15(19)9-13/h3-5,7,9H,6,8H2,1-2H3,(H,21,25). The molecule has 9 heteroatoms. The molecule has 0 fully saturated rings. The Morgan fingerprint density at radius 2 is 2.22 bits per heavy atom. The zero-order chi connectivity index (χ0) is 19.4. The average molecular weight is 402 g/mol. The molecule has 1 aromatic carbocycles. The Morgan fingerprint density at radius 1 is 1.41 bits per heavy atom. The van der Waals surface area contributed by atoms with Crippen molar-refractivity contribution in [2.75, 3.05) is 11.1 Å². The topological polar surface area (TPSA) is 96.7 Å². The Balaban J connectivity index is 1.55. The Bertz CT molecular complexity index is 1020. The molecule has 2 heterocycles. The van der Waals surface area contributed by atoms with Crippen LogP contribution in [0.1, 0.15) is 17.7 Å². The average Bonchev–Trinajstić information content (AvgIpc) is 3.21. The van der Waals surface area contributed by atoms with Crippen molar-refractivity contribution in [1.82, 2.24) is 14.8 Å². The normalized spacial score (nSPS) is 10.6. The first kappa shape index (κ1) is 19.0. The molecule has 0 unspecified atom stereocenters. The van der Waals surface area contributed by atoms with E-state index in [0.29, 0.717) is 28.4 Å². The Kier molecular flexibility index (Phi) is 5.84. The minimum absolute atomic E-state index is 0.142. The summed E-state index contributed by atoms with van der Waals surface area (Å²) in [5, 5.41) is 21.1. The number of hydrogen-bond donors (Lipinski definition) is 1. The number of rotatable bonds is 6. The number of nitrogens with zero attached hydrogens (tertiary/aromatic N) is 4. The molecule has 2 aromatic heterocycles. The fourth-order valence-corrected chi connectivity index (χ4v) is 3.51. The van der Waals surface area contributed by atoms with E-state index < -0.39 is 0 Å². The molecule has 0 aliphatic heterocycles. The van der Waals surface area contributed by atoms with Gasteiger partial charge in [0.1, 0.15) is 11.8 Å². The Morgan fingerprint density at radius 3 is 2.89 bits per heavy atom. The summed E-state index contributed by atoms with van der Waals surface area (Å²) < 4.78 is 7.18. The first-order chi connectivity index (χ1) is 13.0. The van der Waals surface area contributed by atoms with Crippen LogP contribution in [0.15, 0.2) is 40.1 Å². The van der Waals surface area contributed by atoms with Gasteiger partial charge in [-0.05, 0) is 31.2 Å². The second-order valence-electron chi connectivity index (χ2n) is 5.71. The molecule has 0 spiro atoms. The van der Waals surface area contributed by atoms with Crippen molar-refractivity contribution < 1.29 is 9.21 Å². The van der Waals surface area contributed by atoms with E-state index in [4.69, 9.17) is 21.3 Å². The molecule has 0 atom stereocenters. The molecule has 3 rings (SSSR count). The summed E-state index contributed by atoms with van der Waals surface area (Å²) in [6.07, 6.45) is 1.92. The van der Waals surface area contributed by atoms with Gasteiger partial charge in [0.2, 0.25) is 5.91 Å². The van der Waals surface area contributed by atoms with Crippen LogP contribution in [-0.4, -0.2) is 26.4 Å². The molecular formula is C18H16ClN5O2S. The molecule has 0 aliphatic carbocycles. The molecule has 0 saturated heterocycles. The fraction of sp³-hybridized carbons (Fsp3) is 0.222. The van der Waals surface area contributed by atoms with Crippen molar-refractivity contribution in [1.29, 1.82) is 5.26 Å². The van der Waals surface area contributed by atoms with E-state index in [1.54, 1.807) is 24.5 Å². The van der Waals surface area contributed by atoms with Crippen LogP contribution in [0, 0.1) is 18.3 Å². The lowest BCUT2D eigenvalue weighted by Crippen LogP contribution is -2.12. The van der Waals surface area contributed by atoms with Crippen LogP contribution in [0.4, 0.5) is 5.69 Å². The number of aryl methyl sites for hydroxylation is 1. The summed E-state index contributed by atoms with van der Waals surface area (Å²) in [7, 11) is 1.88. The summed E-state index contributed by atoms with van der Waals surface area (Å²) in [5.74, 6) is 1.91. The summed E-state index contributed by atoms with van der Waals surface area (Å²) in [5.41, 5.74) is 1.83. The van der Waals surface area contributed by atoms with Crippen LogP contribution in [-0.2, 0) is 11.8 Å². The highest BCUT2D eigenvalue weighted by atomic mass is 35.5. The van der Waals surface area contributed by atoms with Gasteiger partial charge in [0.05, 0.1) is 22.4 Å². The van der Waals surface area contributed by atoms with E-state index in [1.165, 1.54) is 11.8 Å². The third-order valence-electron chi connectivity index (χ3n) is 3.87. The molecule has 0 radical (unpaired) electrons. The summed E-state index contributed by atoms with van der Waals surface area (Å²) in [6.45, 7) is 1.87. The number of anilines is 1. The lowest BCUT2D eigenvalue weighted by molar-refractivity contribution is -0.115. The third-order valence-corrected chi connectivity index (χ3v) is 5.20. The van der Waals surface area contributed by atoms with Gasteiger partial charge in [0.25, 0.3) is 0 Å². The predicted molar refractivity (Wildman–Crippen MR) is 104 cm³/mol. The summed E-state index contributed by atoms with van der Waals surface area (Å²) >= 11 is 7.42. The van der Waals surface area contributed by atoms with Crippen molar-refractivity contribution in [3.8, 4) is 17.5 Å². The number of benzene rings is 1. The number of nitriles is 1. The second-order valence-corrected chi connectivity index (χ2v) is 7.18. The van der Waals surface area contributed by atoms with Crippen LogP contribution < -0.4 is 5.32 Å². The van der Waals surface area contributed by atoms with Crippen LogP contribution in [0.2, 0.25) is 5.02 Å². The van der Waals surface area contributed by atoms with E-state index in [9.17, 15) is 4.79 Å². The Labute approximate surface area is 165 Å². The quantitative estimate of drug-likeness (QED) is 0.626. The van der Waals surface area contributed by atoms with Crippen LogP contribution >= 0.6 is 23.4 Å². The largest absolute Gasteiger partial charge is 0.469 e. The van der Waals surface area contributed by atoms with Crippen molar-refractivity contribution in [3.05, 3.63) is 46.9 Å². The number of hydrogen-bond acceptors (Lipinski definition) is 6. The molecule has 0 saturated carbocycles. The van der Waals surface area contributed by atoms with Crippen molar-refractivity contribution in [2.24, 2.45) is 7.05 Å². The molecule has 1 amide bonds. The van der Waals surface area contributed by atoms with Gasteiger partial charge < -0.3 is 14.3 Å². The maximum Gasteiger partial charge on any atom is 0.225 e. The van der Waals surface area contributed by atoms with E-state index in [1.807, 2.05) is 30.7 Å². The zero-order valence-corrected chi connectivity index (χ0v) is 16.3. The van der Waals surface area contributed by atoms with Gasteiger partial charge in [-0.15, -0.1) is 10.2 Å². The van der Waals surface area contributed by atoms with Gasteiger partial charge in [-0.25, -0.2) is 0 Å². The van der Waals surface area contributed by atoms with E-state index >= 15 is 0 Å². The number of amides is 1. The van der Waals surface area contributed by atoms with Crippen LogP contribution in [0.25, 0.3) is 11.4 Å². The maximum atomic E-state index is 12.1. The molecule has 1 N–H and O–H groups in total. The van der Waals surface area contributed by atoms with Gasteiger partial charge in [0, 0.05) is 24.9 Å². The highest BCUT2D eigenvalue weighted by Gasteiger charge is 2.15. The van der Waals surface area contributed by atoms with Crippen molar-refractivity contribution in [3.63, 3.8) is 0 Å². The highest BCUT2D eigenvalue weighted by Crippen LogP contribution is 2.26. The maximum absolute atomic E-state index is 12.1. The molecule has 7 nitrogen and oxygen atoms in total. The number of aromatic nitrogens is 3. The minimum Gasteiger partial charge on any atom is -0.469 e. The fourth-order valence-electron chi connectivity index (χ4n) is 2.43. The predicted octanol–water partition coefficient (Wildman–Crippen LogP) is 4.03. The number of halogens is 1. The number of carbonyl (C=O) groups excluding carboxylic acids is 1. The van der Waals surface area contributed by atoms with Gasteiger partial charge in [-0.2, -0.15) is 5.26 Å². The smallest absolute Gasteiger partial charge is 0.225 e. The van der Waals surface area contributed by atoms with Crippen molar-refractivity contribution >= 4 is 35.0 Å².